The Balaban J connectivity index is 2.28. The molecule has 0 aliphatic carbocycles. The van der Waals surface area contributed by atoms with E-state index in [0.29, 0.717) is 0 Å². The highest BCUT2D eigenvalue weighted by Gasteiger charge is 2.20. The third kappa shape index (κ3) is 1.58. The van der Waals surface area contributed by atoms with Gasteiger partial charge in [0.2, 0.25) is 0 Å². The van der Waals surface area contributed by atoms with E-state index in [1.165, 1.54) is 11.1 Å². The molecule has 0 radical (unpaired) electrons. The summed E-state index contributed by atoms with van der Waals surface area (Å²) in [6.07, 6.45) is 0.961. The highest BCUT2D eigenvalue weighted by atomic mass is 16.4. The summed E-state index contributed by atoms with van der Waals surface area (Å²) >= 11 is 0. The third-order valence-electron chi connectivity index (χ3n) is 2.56. The molecule has 0 saturated heterocycles. The molecule has 0 aromatic heterocycles. The number of carboxylic acid groups (broad SMARTS) is 1. The molecule has 1 heterocycles. The maximum atomic E-state index is 10.6. The van der Waals surface area contributed by atoms with Crippen LogP contribution in [0.3, 0.4) is 0 Å². The fourth-order valence-electron chi connectivity index (χ4n) is 1.88. The summed E-state index contributed by atoms with van der Waals surface area (Å²) in [5, 5.41) is 8.73. The van der Waals surface area contributed by atoms with Crippen molar-refractivity contribution in [3.63, 3.8) is 0 Å². The van der Waals surface area contributed by atoms with Crippen LogP contribution in [0.5, 0.6) is 0 Å². The van der Waals surface area contributed by atoms with E-state index in [-0.39, 0.29) is 6.54 Å². The van der Waals surface area contributed by atoms with Crippen LogP contribution in [0.4, 0.5) is 5.69 Å². The first kappa shape index (κ1) is 9.06. The first-order valence-corrected chi connectivity index (χ1v) is 4.73. The number of aryl methyl sites for hydroxylation is 1. The number of anilines is 1. The largest absolute Gasteiger partial charge is 0.480 e. The lowest BCUT2D eigenvalue weighted by Crippen LogP contribution is -2.27. The van der Waals surface area contributed by atoms with Crippen molar-refractivity contribution in [3.8, 4) is 0 Å². The molecule has 0 unspecified atom stereocenters. The Bertz CT molecular complexity index is 374. The molecule has 74 valence electrons. The summed E-state index contributed by atoms with van der Waals surface area (Å²) in [5.41, 5.74) is 3.53. The van der Waals surface area contributed by atoms with E-state index >= 15 is 0 Å². The molecule has 14 heavy (non-hydrogen) atoms. The molecule has 0 bridgehead atoms. The van der Waals surface area contributed by atoms with Crippen LogP contribution in [0.25, 0.3) is 0 Å². The van der Waals surface area contributed by atoms with Crippen LogP contribution in [-0.2, 0) is 11.2 Å². The average Bonchev–Trinajstić information content (AvgIpc) is 2.47. The van der Waals surface area contributed by atoms with Crippen LogP contribution in [-0.4, -0.2) is 24.2 Å². The van der Waals surface area contributed by atoms with Crippen LogP contribution in [0.1, 0.15) is 11.1 Å². The first-order valence-electron chi connectivity index (χ1n) is 4.73. The Kier molecular flexibility index (Phi) is 2.15. The Morgan fingerprint density at radius 2 is 2.36 bits per heavy atom. The molecule has 1 aromatic rings. The molecule has 3 heteroatoms. The standard InChI is InChI=1S/C11H13NO2/c1-8-2-3-9-4-5-12(7-11(13)14)10(9)6-8/h2-3,6H,4-5,7H2,1H3,(H,13,14). The van der Waals surface area contributed by atoms with Crippen molar-refractivity contribution in [2.24, 2.45) is 0 Å². The summed E-state index contributed by atoms with van der Waals surface area (Å²) in [5.74, 6) is -0.764. The van der Waals surface area contributed by atoms with E-state index in [2.05, 4.69) is 18.2 Å². The Morgan fingerprint density at radius 3 is 3.07 bits per heavy atom. The lowest BCUT2D eigenvalue weighted by molar-refractivity contribution is -0.135. The van der Waals surface area contributed by atoms with Crippen LogP contribution >= 0.6 is 0 Å². The summed E-state index contributed by atoms with van der Waals surface area (Å²) in [7, 11) is 0. The predicted molar refractivity (Wildman–Crippen MR) is 54.7 cm³/mol. The van der Waals surface area contributed by atoms with Crippen molar-refractivity contribution >= 4 is 11.7 Å². The fraction of sp³-hybridized carbons (Fsp3) is 0.364. The molecule has 1 aromatic carbocycles. The highest BCUT2D eigenvalue weighted by molar-refractivity contribution is 5.75. The quantitative estimate of drug-likeness (QED) is 0.769. The predicted octanol–water partition coefficient (Wildman–Crippen LogP) is 1.44. The monoisotopic (exact) mass is 191 g/mol. The average molecular weight is 191 g/mol. The minimum Gasteiger partial charge on any atom is -0.480 e. The smallest absolute Gasteiger partial charge is 0.323 e. The molecular weight excluding hydrogens is 178 g/mol. The number of nitrogens with zero attached hydrogens (tertiary/aromatic N) is 1. The topological polar surface area (TPSA) is 40.5 Å². The van der Waals surface area contributed by atoms with E-state index in [1.54, 1.807) is 0 Å². The molecule has 2 rings (SSSR count). The fourth-order valence-corrected chi connectivity index (χ4v) is 1.88. The zero-order valence-electron chi connectivity index (χ0n) is 8.16. The molecular formula is C11H13NO2. The zero-order valence-corrected chi connectivity index (χ0v) is 8.16. The highest BCUT2D eigenvalue weighted by Crippen LogP contribution is 2.28. The van der Waals surface area contributed by atoms with Gasteiger partial charge in [-0.1, -0.05) is 12.1 Å². The zero-order chi connectivity index (χ0) is 10.1. The van der Waals surface area contributed by atoms with Crippen LogP contribution in [0.2, 0.25) is 0 Å². The van der Waals surface area contributed by atoms with E-state index in [4.69, 9.17) is 5.11 Å². The Hall–Kier alpha value is -1.51. The van der Waals surface area contributed by atoms with Crippen molar-refractivity contribution in [2.45, 2.75) is 13.3 Å². The SMILES string of the molecule is Cc1ccc2c(c1)N(CC(=O)O)CC2. The van der Waals surface area contributed by atoms with Gasteiger partial charge in [-0.25, -0.2) is 0 Å². The number of carbonyl (C=O) groups is 1. The van der Waals surface area contributed by atoms with Crippen LogP contribution < -0.4 is 4.90 Å². The third-order valence-corrected chi connectivity index (χ3v) is 2.56. The Morgan fingerprint density at radius 1 is 1.57 bits per heavy atom. The molecule has 1 aliphatic rings. The maximum Gasteiger partial charge on any atom is 0.323 e. The Labute approximate surface area is 83.0 Å². The molecule has 1 N–H and O–H groups in total. The summed E-state index contributed by atoms with van der Waals surface area (Å²) in [4.78, 5) is 12.5. The van der Waals surface area contributed by atoms with Gasteiger partial charge >= 0.3 is 5.97 Å². The number of rotatable bonds is 2. The van der Waals surface area contributed by atoms with Gasteiger partial charge in [-0.2, -0.15) is 0 Å². The van der Waals surface area contributed by atoms with Gasteiger partial charge < -0.3 is 10.0 Å². The van der Waals surface area contributed by atoms with Gasteiger partial charge in [0.25, 0.3) is 0 Å². The molecule has 0 spiro atoms. The lowest BCUT2D eigenvalue weighted by Gasteiger charge is -2.16. The van der Waals surface area contributed by atoms with Crippen molar-refractivity contribution in [1.29, 1.82) is 0 Å². The number of benzene rings is 1. The van der Waals surface area contributed by atoms with Crippen LogP contribution in [0, 0.1) is 6.92 Å². The molecule has 0 amide bonds. The second-order valence-corrected chi connectivity index (χ2v) is 3.70. The molecule has 1 aliphatic heterocycles. The maximum absolute atomic E-state index is 10.6. The number of fused-ring (bicyclic) bond motifs is 1. The number of carboxylic acids is 1. The van der Waals surface area contributed by atoms with Gasteiger partial charge in [-0.05, 0) is 30.5 Å². The van der Waals surface area contributed by atoms with Crippen LogP contribution in [0.15, 0.2) is 18.2 Å². The number of aliphatic carboxylic acids is 1. The van der Waals surface area contributed by atoms with Gasteiger partial charge in [-0.3, -0.25) is 4.79 Å². The summed E-state index contributed by atoms with van der Waals surface area (Å²) in [6, 6.07) is 6.22. The molecule has 0 atom stereocenters. The number of hydrogen-bond donors (Lipinski definition) is 1. The van der Waals surface area contributed by atoms with E-state index < -0.39 is 5.97 Å². The van der Waals surface area contributed by atoms with Gasteiger partial charge in [0.05, 0.1) is 0 Å². The van der Waals surface area contributed by atoms with Crippen molar-refractivity contribution in [3.05, 3.63) is 29.3 Å². The minimum absolute atomic E-state index is 0.108. The van der Waals surface area contributed by atoms with Gasteiger partial charge in [0.1, 0.15) is 6.54 Å². The number of hydrogen-bond acceptors (Lipinski definition) is 2. The molecule has 0 saturated carbocycles. The first-order chi connectivity index (χ1) is 6.66. The van der Waals surface area contributed by atoms with Crippen molar-refractivity contribution < 1.29 is 9.90 Å². The van der Waals surface area contributed by atoms with Gasteiger partial charge in [-0.15, -0.1) is 0 Å². The second-order valence-electron chi connectivity index (χ2n) is 3.70. The lowest BCUT2D eigenvalue weighted by atomic mass is 10.1. The second kappa shape index (κ2) is 3.33. The molecule has 3 nitrogen and oxygen atoms in total. The van der Waals surface area contributed by atoms with Gasteiger partial charge in [0.15, 0.2) is 0 Å². The normalized spacial score (nSPS) is 14.2. The van der Waals surface area contributed by atoms with Gasteiger partial charge in [0, 0.05) is 12.2 Å². The van der Waals surface area contributed by atoms with Crippen molar-refractivity contribution in [2.75, 3.05) is 18.0 Å². The van der Waals surface area contributed by atoms with E-state index in [9.17, 15) is 4.79 Å². The minimum atomic E-state index is -0.764. The van der Waals surface area contributed by atoms with E-state index in [0.717, 1.165) is 18.7 Å². The van der Waals surface area contributed by atoms with Crippen molar-refractivity contribution in [1.82, 2.24) is 0 Å². The summed E-state index contributed by atoms with van der Waals surface area (Å²) in [6.45, 7) is 2.96. The molecule has 0 fully saturated rings. The summed E-state index contributed by atoms with van der Waals surface area (Å²) < 4.78 is 0. The van der Waals surface area contributed by atoms with E-state index in [1.807, 2.05) is 11.8 Å².